The van der Waals surface area contributed by atoms with Gasteiger partial charge >= 0.3 is 0 Å². The van der Waals surface area contributed by atoms with Crippen molar-refractivity contribution in [2.45, 2.75) is 51.5 Å². The van der Waals surface area contributed by atoms with Gasteiger partial charge in [0.1, 0.15) is 6.04 Å². The third kappa shape index (κ3) is 7.41. The number of aryl methyl sites for hydroxylation is 1. The summed E-state index contributed by atoms with van der Waals surface area (Å²) >= 11 is 0. The van der Waals surface area contributed by atoms with Crippen molar-refractivity contribution >= 4 is 28.4 Å². The van der Waals surface area contributed by atoms with E-state index in [9.17, 15) is 9.59 Å². The molecule has 0 unspecified atom stereocenters. The van der Waals surface area contributed by atoms with Gasteiger partial charge in [-0.05, 0) is 73.9 Å². The summed E-state index contributed by atoms with van der Waals surface area (Å²) in [5, 5.41) is 5.23. The quantitative estimate of drug-likeness (QED) is 0.168. The van der Waals surface area contributed by atoms with Gasteiger partial charge in [-0.15, -0.1) is 0 Å². The lowest BCUT2D eigenvalue weighted by atomic mass is 9.87. The van der Waals surface area contributed by atoms with Crippen molar-refractivity contribution in [2.75, 3.05) is 11.7 Å². The predicted molar refractivity (Wildman–Crippen MR) is 175 cm³/mol. The molecule has 0 atom stereocenters. The van der Waals surface area contributed by atoms with E-state index >= 15 is 0 Å². The Morgan fingerprint density at radius 3 is 2.29 bits per heavy atom. The highest BCUT2D eigenvalue weighted by Gasteiger charge is 2.23. The maximum Gasteiger partial charge on any atom is 0.282 e. The van der Waals surface area contributed by atoms with Crippen LogP contribution in [-0.4, -0.2) is 33.4 Å². The van der Waals surface area contributed by atoms with Crippen molar-refractivity contribution in [1.29, 1.82) is 0 Å². The summed E-state index contributed by atoms with van der Waals surface area (Å²) < 4.78 is 0. The van der Waals surface area contributed by atoms with E-state index in [1.807, 2.05) is 79.7 Å². The Balaban J connectivity index is 1.24. The van der Waals surface area contributed by atoms with Crippen molar-refractivity contribution in [1.82, 2.24) is 20.3 Å². The molecule has 1 N–H and O–H groups in total. The van der Waals surface area contributed by atoms with Crippen LogP contribution >= 0.6 is 0 Å². The van der Waals surface area contributed by atoms with Gasteiger partial charge in [0.05, 0.1) is 34.8 Å². The molecule has 8 nitrogen and oxygen atoms in total. The lowest BCUT2D eigenvalue weighted by Gasteiger charge is -2.25. The molecule has 3 heterocycles. The van der Waals surface area contributed by atoms with Crippen LogP contribution in [0.25, 0.3) is 10.9 Å². The van der Waals surface area contributed by atoms with Gasteiger partial charge in [0.15, 0.2) is 0 Å². The number of aromatic nitrogens is 3. The topological polar surface area (TPSA) is 97.3 Å². The molecule has 0 bridgehead atoms. The summed E-state index contributed by atoms with van der Waals surface area (Å²) in [6.07, 6.45) is 12.1. The summed E-state index contributed by atoms with van der Waals surface area (Å²) in [7, 11) is 0. The standard InChI is InChI=1S/C37H37N5O3/c1-26-10-9-13-29(22-26)37(44)42(45-21-18-27-11-3-2-4-12-27)31-17-16-28-23-30(25-40-34(28)24-31)36(43)41-35(32-14-5-7-19-38-32)33-15-6-8-20-39-33/h5-10,13-17,19-20,22-25,27,35H,2-4,11-12,18,21H2,1H3,(H,41,43). The molecule has 0 aliphatic heterocycles. The molecule has 2 aromatic carbocycles. The molecule has 0 radical (unpaired) electrons. The maximum atomic E-state index is 13.7. The predicted octanol–water partition coefficient (Wildman–Crippen LogP) is 7.40. The second-order valence-corrected chi connectivity index (χ2v) is 11.6. The van der Waals surface area contributed by atoms with Crippen LogP contribution in [0, 0.1) is 12.8 Å². The lowest BCUT2D eigenvalue weighted by molar-refractivity contribution is 0.0597. The minimum Gasteiger partial charge on any atom is -0.338 e. The molecule has 1 saturated carbocycles. The van der Waals surface area contributed by atoms with Crippen LogP contribution < -0.4 is 10.4 Å². The molecule has 0 spiro atoms. The Morgan fingerprint density at radius 1 is 0.844 bits per heavy atom. The molecule has 1 fully saturated rings. The Hall–Kier alpha value is -4.95. The average molecular weight is 600 g/mol. The SMILES string of the molecule is Cc1cccc(C(=O)N(OCCC2CCCCC2)c2ccc3cc(C(=O)NC(c4ccccn4)c4ccccn4)cnc3c2)c1. The molecule has 1 aliphatic rings. The summed E-state index contributed by atoms with van der Waals surface area (Å²) in [4.78, 5) is 46.9. The van der Waals surface area contributed by atoms with Gasteiger partial charge in [-0.1, -0.05) is 68.0 Å². The minimum atomic E-state index is -0.523. The molecule has 3 aromatic heterocycles. The summed E-state index contributed by atoms with van der Waals surface area (Å²) in [6, 6.07) is 25.5. The zero-order valence-corrected chi connectivity index (χ0v) is 25.4. The molecule has 0 saturated heterocycles. The molecule has 6 rings (SSSR count). The summed E-state index contributed by atoms with van der Waals surface area (Å²) in [5.74, 6) is 0.109. The van der Waals surface area contributed by atoms with Crippen molar-refractivity contribution < 1.29 is 14.4 Å². The molecular weight excluding hydrogens is 562 g/mol. The first-order valence-corrected chi connectivity index (χ1v) is 15.6. The van der Waals surface area contributed by atoms with Crippen LogP contribution in [0.5, 0.6) is 0 Å². The van der Waals surface area contributed by atoms with Crippen molar-refractivity contribution in [3.8, 4) is 0 Å². The number of fused-ring (bicyclic) bond motifs is 1. The fourth-order valence-corrected chi connectivity index (χ4v) is 5.90. The number of hydrogen-bond acceptors (Lipinski definition) is 6. The molecule has 1 aliphatic carbocycles. The van der Waals surface area contributed by atoms with Gasteiger partial charge in [0, 0.05) is 29.5 Å². The number of benzene rings is 2. The minimum absolute atomic E-state index is 0.229. The van der Waals surface area contributed by atoms with Crippen LogP contribution in [0.15, 0.2) is 104 Å². The van der Waals surface area contributed by atoms with Crippen LogP contribution in [-0.2, 0) is 4.84 Å². The third-order valence-electron chi connectivity index (χ3n) is 8.33. The number of rotatable bonds is 10. The van der Waals surface area contributed by atoms with Crippen LogP contribution in [0.3, 0.4) is 0 Å². The second kappa shape index (κ2) is 14.2. The van der Waals surface area contributed by atoms with Gasteiger partial charge in [-0.3, -0.25) is 29.4 Å². The number of nitrogens with one attached hydrogen (secondary N) is 1. The van der Waals surface area contributed by atoms with Crippen LogP contribution in [0.2, 0.25) is 0 Å². The molecule has 228 valence electrons. The van der Waals surface area contributed by atoms with E-state index in [0.717, 1.165) is 17.4 Å². The molecular formula is C37H37N5O3. The van der Waals surface area contributed by atoms with E-state index in [1.54, 1.807) is 30.7 Å². The lowest BCUT2D eigenvalue weighted by Crippen LogP contribution is -2.32. The number of nitrogens with zero attached hydrogens (tertiary/aromatic N) is 4. The highest BCUT2D eigenvalue weighted by molar-refractivity contribution is 6.06. The first-order valence-electron chi connectivity index (χ1n) is 15.6. The van der Waals surface area contributed by atoms with Gasteiger partial charge < -0.3 is 5.32 Å². The van der Waals surface area contributed by atoms with Crippen molar-refractivity contribution in [3.05, 3.63) is 132 Å². The van der Waals surface area contributed by atoms with Crippen LogP contribution in [0.1, 0.15) is 82.2 Å². The Labute approximate surface area is 263 Å². The van der Waals surface area contributed by atoms with E-state index in [0.29, 0.717) is 46.2 Å². The molecule has 5 aromatic rings. The van der Waals surface area contributed by atoms with Gasteiger partial charge in [0.25, 0.3) is 11.8 Å². The Kier molecular flexibility index (Phi) is 9.51. The Bertz CT molecular complexity index is 1720. The third-order valence-corrected chi connectivity index (χ3v) is 8.33. The first-order chi connectivity index (χ1) is 22.0. The highest BCUT2D eigenvalue weighted by Crippen LogP contribution is 2.28. The highest BCUT2D eigenvalue weighted by atomic mass is 16.7. The van der Waals surface area contributed by atoms with E-state index in [-0.39, 0.29) is 11.8 Å². The number of hydrogen-bond donors (Lipinski definition) is 1. The van der Waals surface area contributed by atoms with Crippen molar-refractivity contribution in [2.24, 2.45) is 5.92 Å². The first kappa shape index (κ1) is 30.1. The zero-order valence-electron chi connectivity index (χ0n) is 25.4. The van der Waals surface area contributed by atoms with Crippen molar-refractivity contribution in [3.63, 3.8) is 0 Å². The molecule has 45 heavy (non-hydrogen) atoms. The number of hydroxylamine groups is 1. The van der Waals surface area contributed by atoms with Gasteiger partial charge in [-0.2, -0.15) is 5.06 Å². The van der Waals surface area contributed by atoms with E-state index < -0.39 is 6.04 Å². The summed E-state index contributed by atoms with van der Waals surface area (Å²) in [6.45, 7) is 2.42. The van der Waals surface area contributed by atoms with E-state index in [2.05, 4.69) is 20.3 Å². The number of carbonyl (C=O) groups is 2. The monoisotopic (exact) mass is 599 g/mol. The smallest absolute Gasteiger partial charge is 0.282 e. The van der Waals surface area contributed by atoms with E-state index in [1.165, 1.54) is 37.2 Å². The number of pyridine rings is 3. The van der Waals surface area contributed by atoms with Gasteiger partial charge in [-0.25, -0.2) is 0 Å². The number of amides is 2. The molecule has 2 amide bonds. The largest absolute Gasteiger partial charge is 0.338 e. The molecule has 8 heteroatoms. The fourth-order valence-electron chi connectivity index (χ4n) is 5.90. The normalized spacial score (nSPS) is 13.6. The Morgan fingerprint density at radius 2 is 1.60 bits per heavy atom. The van der Waals surface area contributed by atoms with Crippen LogP contribution in [0.4, 0.5) is 5.69 Å². The second-order valence-electron chi connectivity index (χ2n) is 11.6. The average Bonchev–Trinajstić information content (AvgIpc) is 3.09. The fraction of sp³-hybridized carbons (Fsp3) is 0.270. The van der Waals surface area contributed by atoms with E-state index in [4.69, 9.17) is 4.84 Å². The zero-order chi connectivity index (χ0) is 31.0. The maximum absolute atomic E-state index is 13.7. The van der Waals surface area contributed by atoms with Gasteiger partial charge in [0.2, 0.25) is 0 Å². The number of anilines is 1. The number of carbonyl (C=O) groups excluding carboxylic acids is 2. The summed E-state index contributed by atoms with van der Waals surface area (Å²) in [5.41, 5.74) is 4.57.